The van der Waals surface area contributed by atoms with Gasteiger partial charge in [0.15, 0.2) is 0 Å². The zero-order valence-electron chi connectivity index (χ0n) is 17.0. The molecule has 1 fully saturated rings. The fourth-order valence-electron chi connectivity index (χ4n) is 4.53. The first kappa shape index (κ1) is 21.0. The molecule has 0 amide bonds. The van der Waals surface area contributed by atoms with Crippen LogP contribution in [0.3, 0.4) is 0 Å². The number of para-hydroxylation sites is 1. The summed E-state index contributed by atoms with van der Waals surface area (Å²) in [5, 5.41) is 15.4. The highest BCUT2D eigenvalue weighted by Crippen LogP contribution is 2.34. The van der Waals surface area contributed by atoms with E-state index in [0.29, 0.717) is 12.5 Å². The molecule has 3 aliphatic rings. The van der Waals surface area contributed by atoms with E-state index in [4.69, 9.17) is 16.3 Å². The average molecular weight is 445 g/mol. The monoisotopic (exact) mass is 444 g/mol. The summed E-state index contributed by atoms with van der Waals surface area (Å²) in [6, 6.07) is 8.25. The third-order valence-corrected chi connectivity index (χ3v) is 6.37. The number of aryl methyl sites for hydroxylation is 1. The van der Waals surface area contributed by atoms with Crippen molar-refractivity contribution in [2.75, 3.05) is 11.9 Å². The fourth-order valence-corrected chi connectivity index (χ4v) is 4.72. The van der Waals surface area contributed by atoms with Crippen LogP contribution in [0.15, 0.2) is 45.6 Å². The van der Waals surface area contributed by atoms with Crippen LogP contribution in [0.1, 0.15) is 36.8 Å². The molecular formula is C23H26Cl2N4O. The molecule has 0 spiro atoms. The summed E-state index contributed by atoms with van der Waals surface area (Å²) in [7, 11) is 0. The largest absolute Gasteiger partial charge is 0.490 e. The van der Waals surface area contributed by atoms with Gasteiger partial charge in [0.1, 0.15) is 5.75 Å². The zero-order chi connectivity index (χ0) is 19.8. The van der Waals surface area contributed by atoms with Crippen molar-refractivity contribution in [3.8, 4) is 5.75 Å². The van der Waals surface area contributed by atoms with Crippen molar-refractivity contribution in [3.05, 3.63) is 57.2 Å². The summed E-state index contributed by atoms with van der Waals surface area (Å²) in [4.78, 5) is 3.57. The van der Waals surface area contributed by atoms with Gasteiger partial charge < -0.3 is 15.0 Å². The second kappa shape index (κ2) is 8.86. The van der Waals surface area contributed by atoms with Crippen molar-refractivity contribution in [1.29, 1.82) is 0 Å². The number of allylic oxidation sites excluding steroid dienone is 1. The van der Waals surface area contributed by atoms with Crippen LogP contribution in [0, 0.1) is 12.8 Å². The number of halogens is 2. The number of nitrogens with zero attached hydrogens (tertiary/aromatic N) is 2. The number of benzene rings is 1. The minimum Gasteiger partial charge on any atom is -0.490 e. The van der Waals surface area contributed by atoms with E-state index in [1.54, 1.807) is 0 Å². The summed E-state index contributed by atoms with van der Waals surface area (Å²) in [6.07, 6.45) is 8.43. The fraction of sp³-hybridized carbons (Fsp3) is 0.391. The van der Waals surface area contributed by atoms with Crippen molar-refractivity contribution in [2.24, 2.45) is 16.1 Å². The van der Waals surface area contributed by atoms with Crippen molar-refractivity contribution >= 4 is 41.5 Å². The van der Waals surface area contributed by atoms with Crippen LogP contribution in [0.4, 0.5) is 5.69 Å². The number of azo groups is 1. The van der Waals surface area contributed by atoms with Crippen LogP contribution in [0.25, 0.3) is 11.8 Å². The normalized spacial score (nSPS) is 22.5. The van der Waals surface area contributed by atoms with E-state index in [1.807, 2.05) is 18.2 Å². The Balaban J connectivity index is 0.00000218. The van der Waals surface area contributed by atoms with Crippen LogP contribution >= 0.6 is 24.0 Å². The number of aromatic amines is 1. The van der Waals surface area contributed by atoms with Gasteiger partial charge in [-0.25, -0.2) is 0 Å². The summed E-state index contributed by atoms with van der Waals surface area (Å²) in [5.74, 6) is 1.41. The highest BCUT2D eigenvalue weighted by atomic mass is 35.5. The number of rotatable bonds is 3. The number of ether oxygens (including phenoxy) is 1. The van der Waals surface area contributed by atoms with Crippen molar-refractivity contribution in [1.82, 2.24) is 4.98 Å². The molecule has 1 aromatic carbocycles. The lowest BCUT2D eigenvalue weighted by Gasteiger charge is -2.29. The number of nitrogens with one attached hydrogen (secondary N) is 2. The molecule has 1 aliphatic carbocycles. The maximum Gasteiger partial charge on any atom is 0.122 e. The number of fused-ring (bicyclic) bond motifs is 3. The third-order valence-electron chi connectivity index (χ3n) is 6.10. The summed E-state index contributed by atoms with van der Waals surface area (Å²) in [6.45, 7) is 3.43. The lowest BCUT2D eigenvalue weighted by molar-refractivity contribution is 0.141. The van der Waals surface area contributed by atoms with E-state index >= 15 is 0 Å². The van der Waals surface area contributed by atoms with Crippen molar-refractivity contribution < 1.29 is 4.74 Å². The minimum atomic E-state index is 0. The molecule has 30 heavy (non-hydrogen) atoms. The molecule has 5 nitrogen and oxygen atoms in total. The number of anilines is 1. The first-order valence-corrected chi connectivity index (χ1v) is 10.7. The van der Waals surface area contributed by atoms with Crippen LogP contribution < -0.4 is 20.8 Å². The van der Waals surface area contributed by atoms with Gasteiger partial charge in [-0.1, -0.05) is 29.8 Å². The molecule has 0 bridgehead atoms. The Morgan fingerprint density at radius 2 is 1.93 bits per heavy atom. The Bertz CT molecular complexity index is 1110. The molecule has 2 aliphatic heterocycles. The van der Waals surface area contributed by atoms with Crippen LogP contribution in [0.2, 0.25) is 0 Å². The molecule has 158 valence electrons. The first-order chi connectivity index (χ1) is 14.2. The average Bonchev–Trinajstić information content (AvgIpc) is 2.96. The van der Waals surface area contributed by atoms with Gasteiger partial charge >= 0.3 is 0 Å². The maximum atomic E-state index is 6.28. The summed E-state index contributed by atoms with van der Waals surface area (Å²) < 4.78 is 6.28. The van der Waals surface area contributed by atoms with Gasteiger partial charge in [-0.15, -0.1) is 12.4 Å². The highest BCUT2D eigenvalue weighted by Gasteiger charge is 2.28. The second-order valence-corrected chi connectivity index (χ2v) is 8.46. The molecule has 0 saturated heterocycles. The van der Waals surface area contributed by atoms with E-state index in [0.717, 1.165) is 65.1 Å². The Labute approximate surface area is 187 Å². The predicted octanol–water partition coefficient (Wildman–Crippen LogP) is 4.79. The molecule has 0 atom stereocenters. The first-order valence-electron chi connectivity index (χ1n) is 10.3. The molecular weight excluding hydrogens is 419 g/mol. The Morgan fingerprint density at radius 3 is 2.73 bits per heavy atom. The van der Waals surface area contributed by atoms with E-state index in [1.165, 1.54) is 11.1 Å². The highest BCUT2D eigenvalue weighted by molar-refractivity contribution is 6.34. The summed E-state index contributed by atoms with van der Waals surface area (Å²) >= 11 is 6.27. The Kier molecular flexibility index (Phi) is 6.21. The van der Waals surface area contributed by atoms with Crippen LogP contribution in [-0.4, -0.2) is 17.6 Å². The molecule has 1 saturated carbocycles. The Hall–Kier alpha value is -2.24. The smallest absolute Gasteiger partial charge is 0.122 e. The van der Waals surface area contributed by atoms with Gasteiger partial charge in [-0.05, 0) is 56.4 Å². The number of H-pyrrole nitrogens is 1. The van der Waals surface area contributed by atoms with Crippen LogP contribution in [-0.2, 0) is 6.54 Å². The topological polar surface area (TPSA) is 61.8 Å². The van der Waals surface area contributed by atoms with E-state index in [2.05, 4.69) is 45.7 Å². The number of hydrogen-bond donors (Lipinski definition) is 2. The number of hydrogen-bond acceptors (Lipinski definition) is 4. The molecule has 0 radical (unpaired) electrons. The van der Waals surface area contributed by atoms with Crippen molar-refractivity contribution in [2.45, 2.75) is 45.3 Å². The lowest BCUT2D eigenvalue weighted by Crippen LogP contribution is -2.28. The van der Waals surface area contributed by atoms with Gasteiger partial charge in [-0.2, -0.15) is 10.2 Å². The van der Waals surface area contributed by atoms with E-state index < -0.39 is 0 Å². The molecule has 0 unspecified atom stereocenters. The third kappa shape index (κ3) is 4.01. The molecule has 3 heterocycles. The van der Waals surface area contributed by atoms with Gasteiger partial charge in [0.2, 0.25) is 0 Å². The van der Waals surface area contributed by atoms with Gasteiger partial charge in [0.05, 0.1) is 34.7 Å². The maximum absolute atomic E-state index is 6.28. The van der Waals surface area contributed by atoms with Crippen LogP contribution in [0.5, 0.6) is 5.75 Å². The van der Waals surface area contributed by atoms with Gasteiger partial charge in [0, 0.05) is 23.1 Å². The predicted molar refractivity (Wildman–Crippen MR) is 124 cm³/mol. The standard InChI is InChI=1S/C23H25ClN4O.ClH/c1-14-4-2-3-5-20(14)29-17-8-6-15(7-9-17)21-23-18(13-26-28-21)22-19(27-23)12-16(24)10-11-25-22;/h2-5,10,12,15,17,25,27H,6-9,11,13H2,1H3;1H/t15-,17-;. The number of aromatic nitrogens is 1. The minimum absolute atomic E-state index is 0. The summed E-state index contributed by atoms with van der Waals surface area (Å²) in [5.41, 5.74) is 4.60. The lowest BCUT2D eigenvalue weighted by atomic mass is 9.84. The molecule has 2 aromatic rings. The molecule has 7 heteroatoms. The van der Waals surface area contributed by atoms with Gasteiger partial charge in [0.25, 0.3) is 0 Å². The van der Waals surface area contributed by atoms with E-state index in [-0.39, 0.29) is 18.5 Å². The Morgan fingerprint density at radius 1 is 1.13 bits per heavy atom. The second-order valence-electron chi connectivity index (χ2n) is 8.02. The quantitative estimate of drug-likeness (QED) is 0.714. The van der Waals surface area contributed by atoms with Gasteiger partial charge in [-0.3, -0.25) is 0 Å². The molecule has 2 N–H and O–H groups in total. The molecule has 5 rings (SSSR count). The van der Waals surface area contributed by atoms with Crippen molar-refractivity contribution in [3.63, 3.8) is 0 Å². The van der Waals surface area contributed by atoms with E-state index in [9.17, 15) is 0 Å². The zero-order valence-corrected chi connectivity index (χ0v) is 18.5. The SMILES string of the molecule is Cc1ccccc1O[C@H]1CC[C@H](C2=c3[nH]c4c(c3CN=N2)NCC=C(Cl)C=4)CC1.Cl. The molecule has 1 aromatic heterocycles.